The number of hydrogen-bond acceptors (Lipinski definition) is 4. The van der Waals surface area contributed by atoms with Crippen molar-refractivity contribution in [1.82, 2.24) is 4.98 Å². The minimum atomic E-state index is 0.240. The van der Waals surface area contributed by atoms with Crippen LogP contribution in [0.25, 0.3) is 10.9 Å². The Hall–Kier alpha value is -1.33. The molecule has 21 heavy (non-hydrogen) atoms. The van der Waals surface area contributed by atoms with Gasteiger partial charge in [-0.05, 0) is 47.0 Å². The highest BCUT2D eigenvalue weighted by molar-refractivity contribution is 9.10. The van der Waals surface area contributed by atoms with Crippen LogP contribution in [0.15, 0.2) is 28.9 Å². The highest BCUT2D eigenvalue weighted by Crippen LogP contribution is 2.32. The summed E-state index contributed by atoms with van der Waals surface area (Å²) < 4.78 is 0.921. The Balaban J connectivity index is 1.95. The lowest BCUT2D eigenvalue weighted by molar-refractivity contribution is 0.178. The summed E-state index contributed by atoms with van der Waals surface area (Å²) in [5.74, 6) is 0.321. The lowest BCUT2D eigenvalue weighted by Gasteiger charge is -2.32. The second-order valence-electron chi connectivity index (χ2n) is 5.73. The quantitative estimate of drug-likeness (QED) is 0.741. The van der Waals surface area contributed by atoms with Gasteiger partial charge >= 0.3 is 0 Å². The van der Waals surface area contributed by atoms with Crippen LogP contribution in [0.2, 0.25) is 0 Å². The third kappa shape index (κ3) is 2.99. The average molecular weight is 350 g/mol. The molecule has 0 bridgehead atoms. The van der Waals surface area contributed by atoms with Gasteiger partial charge in [-0.15, -0.1) is 0 Å². The van der Waals surface area contributed by atoms with Crippen molar-refractivity contribution in [3.05, 3.63) is 28.9 Å². The van der Waals surface area contributed by atoms with Crippen molar-refractivity contribution >= 4 is 38.2 Å². The van der Waals surface area contributed by atoms with Crippen LogP contribution in [0.4, 0.5) is 11.4 Å². The molecule has 0 amide bonds. The summed E-state index contributed by atoms with van der Waals surface area (Å²) in [6.45, 7) is 0.240. The Labute approximate surface area is 132 Å². The molecule has 112 valence electrons. The van der Waals surface area contributed by atoms with Gasteiger partial charge in [0.1, 0.15) is 0 Å². The molecule has 0 aliphatic heterocycles. The molecule has 4 nitrogen and oxygen atoms in total. The fraction of sp³-hybridized carbons (Fsp3) is 0.438. The summed E-state index contributed by atoms with van der Waals surface area (Å²) in [6.07, 6.45) is 6.38. The van der Waals surface area contributed by atoms with Gasteiger partial charge in [0.2, 0.25) is 0 Å². The maximum atomic E-state index is 9.55. The number of halogens is 1. The lowest BCUT2D eigenvalue weighted by atomic mass is 9.85. The van der Waals surface area contributed by atoms with Crippen LogP contribution in [0.3, 0.4) is 0 Å². The molecule has 1 aromatic heterocycles. The number of nitrogens with zero attached hydrogens (tertiary/aromatic N) is 1. The monoisotopic (exact) mass is 349 g/mol. The smallest absolute Gasteiger partial charge is 0.0954 e. The van der Waals surface area contributed by atoms with Crippen LogP contribution >= 0.6 is 15.9 Å². The van der Waals surface area contributed by atoms with Gasteiger partial charge in [-0.3, -0.25) is 4.98 Å². The number of pyridine rings is 1. The number of hydrogen-bond donors (Lipinski definition) is 3. The van der Waals surface area contributed by atoms with Gasteiger partial charge in [0.15, 0.2) is 0 Å². The Morgan fingerprint density at radius 2 is 2.14 bits per heavy atom. The highest BCUT2D eigenvalue weighted by Gasteiger charge is 2.24. The van der Waals surface area contributed by atoms with Crippen molar-refractivity contribution in [1.29, 1.82) is 0 Å². The summed E-state index contributed by atoms with van der Waals surface area (Å²) in [7, 11) is 0. The van der Waals surface area contributed by atoms with Crippen molar-refractivity contribution in [2.24, 2.45) is 5.92 Å². The van der Waals surface area contributed by atoms with E-state index >= 15 is 0 Å². The zero-order valence-corrected chi connectivity index (χ0v) is 13.4. The third-order valence-electron chi connectivity index (χ3n) is 4.33. The third-order valence-corrected chi connectivity index (χ3v) is 4.77. The molecule has 1 saturated carbocycles. The van der Waals surface area contributed by atoms with Crippen molar-refractivity contribution in [2.75, 3.05) is 17.7 Å². The first kappa shape index (κ1) is 14.6. The Bertz CT molecular complexity index is 647. The van der Waals surface area contributed by atoms with Crippen LogP contribution in [-0.2, 0) is 0 Å². The van der Waals surface area contributed by atoms with E-state index in [4.69, 9.17) is 5.73 Å². The highest BCUT2D eigenvalue weighted by atomic mass is 79.9. The normalized spacial score (nSPS) is 22.4. The number of nitrogens with one attached hydrogen (secondary N) is 1. The molecule has 1 aliphatic carbocycles. The number of aliphatic hydroxyl groups excluding tert-OH is 1. The summed E-state index contributed by atoms with van der Waals surface area (Å²) >= 11 is 3.44. The van der Waals surface area contributed by atoms with Gasteiger partial charge in [-0.2, -0.15) is 0 Å². The van der Waals surface area contributed by atoms with Gasteiger partial charge in [-0.25, -0.2) is 0 Å². The average Bonchev–Trinajstić information content (AvgIpc) is 2.51. The molecule has 2 unspecified atom stereocenters. The number of aromatic nitrogens is 1. The van der Waals surface area contributed by atoms with Crippen molar-refractivity contribution < 1.29 is 5.11 Å². The first-order chi connectivity index (χ1) is 10.2. The number of anilines is 2. The number of aliphatic hydroxyl groups is 1. The van der Waals surface area contributed by atoms with Crippen LogP contribution in [0.5, 0.6) is 0 Å². The van der Waals surface area contributed by atoms with Gasteiger partial charge in [-0.1, -0.05) is 12.8 Å². The van der Waals surface area contributed by atoms with Crippen LogP contribution < -0.4 is 11.1 Å². The Morgan fingerprint density at radius 1 is 1.33 bits per heavy atom. The summed E-state index contributed by atoms with van der Waals surface area (Å²) in [4.78, 5) is 4.51. The second kappa shape index (κ2) is 6.20. The number of benzene rings is 1. The van der Waals surface area contributed by atoms with Crippen LogP contribution in [0.1, 0.15) is 25.7 Å². The maximum Gasteiger partial charge on any atom is 0.0954 e. The van der Waals surface area contributed by atoms with E-state index < -0.39 is 0 Å². The Kier molecular flexibility index (Phi) is 4.31. The van der Waals surface area contributed by atoms with Crippen LogP contribution in [0, 0.1) is 5.92 Å². The van der Waals surface area contributed by atoms with Gasteiger partial charge < -0.3 is 16.2 Å². The number of rotatable bonds is 3. The standard InChI is InChI=1S/C16H20BrN3O/c17-11-7-12-13(18)5-6-15(16(12)19-8-11)20-14-4-2-1-3-10(14)9-21/h5-8,10,14,20-21H,1-4,9,18H2. The fourth-order valence-electron chi connectivity index (χ4n) is 3.15. The molecule has 1 aromatic carbocycles. The van der Waals surface area contributed by atoms with E-state index in [2.05, 4.69) is 26.2 Å². The van der Waals surface area contributed by atoms with Crippen molar-refractivity contribution in [2.45, 2.75) is 31.7 Å². The number of nitrogen functional groups attached to an aromatic ring is 1. The molecule has 2 aromatic rings. The van der Waals surface area contributed by atoms with E-state index in [-0.39, 0.29) is 6.61 Å². The minimum absolute atomic E-state index is 0.240. The molecular formula is C16H20BrN3O. The molecule has 1 fully saturated rings. The molecule has 3 rings (SSSR count). The molecule has 0 radical (unpaired) electrons. The predicted octanol–water partition coefficient (Wildman–Crippen LogP) is 3.54. The Morgan fingerprint density at radius 3 is 2.95 bits per heavy atom. The van der Waals surface area contributed by atoms with E-state index in [0.29, 0.717) is 12.0 Å². The molecule has 0 saturated heterocycles. The molecule has 2 atom stereocenters. The summed E-state index contributed by atoms with van der Waals surface area (Å²) in [5, 5.41) is 14.1. The molecular weight excluding hydrogens is 330 g/mol. The van der Waals surface area contributed by atoms with E-state index in [1.807, 2.05) is 18.2 Å². The van der Waals surface area contributed by atoms with Gasteiger partial charge in [0, 0.05) is 40.3 Å². The van der Waals surface area contributed by atoms with E-state index in [9.17, 15) is 5.11 Å². The first-order valence-electron chi connectivity index (χ1n) is 7.40. The largest absolute Gasteiger partial charge is 0.398 e. The van der Waals surface area contributed by atoms with Gasteiger partial charge in [0.25, 0.3) is 0 Å². The van der Waals surface area contributed by atoms with Gasteiger partial charge in [0.05, 0.1) is 11.2 Å². The van der Waals surface area contributed by atoms with E-state index in [1.54, 1.807) is 6.20 Å². The molecule has 1 aliphatic rings. The number of fused-ring (bicyclic) bond motifs is 1. The van der Waals surface area contributed by atoms with Crippen molar-refractivity contribution in [3.63, 3.8) is 0 Å². The zero-order valence-electron chi connectivity index (χ0n) is 11.8. The first-order valence-corrected chi connectivity index (χ1v) is 8.19. The molecule has 5 heteroatoms. The topological polar surface area (TPSA) is 71.2 Å². The molecule has 1 heterocycles. The van der Waals surface area contributed by atoms with Crippen LogP contribution in [-0.4, -0.2) is 22.7 Å². The SMILES string of the molecule is Nc1ccc(NC2CCCCC2CO)c2ncc(Br)cc12. The predicted molar refractivity (Wildman–Crippen MR) is 90.3 cm³/mol. The zero-order chi connectivity index (χ0) is 14.8. The maximum absolute atomic E-state index is 9.55. The van der Waals surface area contributed by atoms with Crippen molar-refractivity contribution in [3.8, 4) is 0 Å². The van der Waals surface area contributed by atoms with E-state index in [0.717, 1.165) is 39.6 Å². The molecule has 0 spiro atoms. The molecule has 4 N–H and O–H groups in total. The summed E-state index contributed by atoms with van der Waals surface area (Å²) in [5.41, 5.74) is 8.67. The summed E-state index contributed by atoms with van der Waals surface area (Å²) in [6, 6.07) is 6.20. The fourth-order valence-corrected chi connectivity index (χ4v) is 3.48. The second-order valence-corrected chi connectivity index (χ2v) is 6.65. The number of nitrogens with two attached hydrogens (primary N) is 1. The van der Waals surface area contributed by atoms with E-state index in [1.165, 1.54) is 12.8 Å². The minimum Gasteiger partial charge on any atom is -0.398 e. The lowest BCUT2D eigenvalue weighted by Crippen LogP contribution is -2.34.